The number of rotatable bonds is 5. The first-order chi connectivity index (χ1) is 7.09. The quantitative estimate of drug-likeness (QED) is 0.745. The number of hydrogen-bond acceptors (Lipinski definition) is 2. The van der Waals surface area contributed by atoms with E-state index in [2.05, 4.69) is 5.32 Å². The van der Waals surface area contributed by atoms with Gasteiger partial charge in [0.25, 0.3) is 6.43 Å². The summed E-state index contributed by atoms with van der Waals surface area (Å²) in [4.78, 5) is 0. The third kappa shape index (κ3) is 3.68. The van der Waals surface area contributed by atoms with Gasteiger partial charge in [0, 0.05) is 18.6 Å². The van der Waals surface area contributed by atoms with Gasteiger partial charge in [-0.15, -0.1) is 0 Å². The summed E-state index contributed by atoms with van der Waals surface area (Å²) in [5, 5.41) is 12.2. The Kier molecular flexibility index (Phi) is 4.93. The zero-order valence-corrected chi connectivity index (χ0v) is 9.31. The monoisotopic (exact) mass is 221 g/mol. The Morgan fingerprint density at radius 2 is 1.87 bits per heavy atom. The summed E-state index contributed by atoms with van der Waals surface area (Å²) in [7, 11) is 0. The molecule has 0 saturated heterocycles. The van der Waals surface area contributed by atoms with Crippen LogP contribution in [0.1, 0.15) is 39.0 Å². The summed E-state index contributed by atoms with van der Waals surface area (Å²) >= 11 is 0. The molecule has 2 N–H and O–H groups in total. The number of aliphatic hydroxyl groups is 1. The van der Waals surface area contributed by atoms with Crippen LogP contribution in [0.15, 0.2) is 0 Å². The van der Waals surface area contributed by atoms with Crippen LogP contribution in [0.25, 0.3) is 0 Å². The van der Waals surface area contributed by atoms with Crippen molar-refractivity contribution in [1.29, 1.82) is 0 Å². The van der Waals surface area contributed by atoms with Crippen LogP contribution in [0.2, 0.25) is 0 Å². The highest BCUT2D eigenvalue weighted by molar-refractivity contribution is 4.85. The molecule has 4 heteroatoms. The molecule has 1 aliphatic carbocycles. The molecule has 0 aromatic rings. The second kappa shape index (κ2) is 5.75. The summed E-state index contributed by atoms with van der Waals surface area (Å²) < 4.78 is 24.6. The Balaban J connectivity index is 2.38. The van der Waals surface area contributed by atoms with Crippen LogP contribution < -0.4 is 5.32 Å². The van der Waals surface area contributed by atoms with Crippen LogP contribution in [-0.2, 0) is 0 Å². The average Bonchev–Trinajstić information content (AvgIpc) is 2.27. The fourth-order valence-electron chi connectivity index (χ4n) is 2.16. The lowest BCUT2D eigenvalue weighted by molar-refractivity contribution is 0.0583. The normalized spacial score (nSPS) is 23.0. The van der Waals surface area contributed by atoms with Gasteiger partial charge >= 0.3 is 0 Å². The van der Waals surface area contributed by atoms with Crippen molar-refractivity contribution in [2.45, 2.75) is 51.5 Å². The molecule has 0 radical (unpaired) electrons. The van der Waals surface area contributed by atoms with E-state index in [-0.39, 0.29) is 12.0 Å². The molecule has 0 amide bonds. The molecule has 0 heterocycles. The Morgan fingerprint density at radius 1 is 1.27 bits per heavy atom. The third-order valence-corrected chi connectivity index (χ3v) is 3.43. The first kappa shape index (κ1) is 12.8. The van der Waals surface area contributed by atoms with Crippen LogP contribution in [-0.4, -0.2) is 30.7 Å². The Hall–Kier alpha value is -0.220. The van der Waals surface area contributed by atoms with Gasteiger partial charge in [0.15, 0.2) is 0 Å². The molecule has 0 bridgehead atoms. The number of aliphatic hydroxyl groups excluding tert-OH is 1. The second-order valence-electron chi connectivity index (χ2n) is 4.72. The van der Waals surface area contributed by atoms with Crippen LogP contribution in [0, 0.1) is 5.41 Å². The highest BCUT2D eigenvalue weighted by Gasteiger charge is 2.32. The molecule has 0 aliphatic heterocycles. The molecule has 1 atom stereocenters. The maximum Gasteiger partial charge on any atom is 0.253 e. The number of hydrogen-bond donors (Lipinski definition) is 2. The second-order valence-corrected chi connectivity index (χ2v) is 4.72. The molecule has 15 heavy (non-hydrogen) atoms. The van der Waals surface area contributed by atoms with Gasteiger partial charge in [0.1, 0.15) is 0 Å². The minimum atomic E-state index is -2.33. The third-order valence-electron chi connectivity index (χ3n) is 3.43. The zero-order chi connectivity index (χ0) is 11.3. The maximum absolute atomic E-state index is 12.3. The predicted molar refractivity (Wildman–Crippen MR) is 56.1 cm³/mol. The molecule has 0 aromatic carbocycles. The summed E-state index contributed by atoms with van der Waals surface area (Å²) in [6, 6.07) is -0.782. The van der Waals surface area contributed by atoms with Crippen molar-refractivity contribution in [2.75, 3.05) is 13.2 Å². The smallest absolute Gasteiger partial charge is 0.253 e. The molecule has 1 aliphatic rings. The number of halogens is 2. The Bertz CT molecular complexity index is 181. The van der Waals surface area contributed by atoms with Crippen molar-refractivity contribution >= 4 is 0 Å². The van der Waals surface area contributed by atoms with E-state index >= 15 is 0 Å². The van der Waals surface area contributed by atoms with Crippen LogP contribution in [0.4, 0.5) is 8.78 Å². The van der Waals surface area contributed by atoms with E-state index in [0.29, 0.717) is 6.54 Å². The molecule has 1 rings (SSSR count). The van der Waals surface area contributed by atoms with E-state index in [1.54, 1.807) is 0 Å². The zero-order valence-electron chi connectivity index (χ0n) is 9.31. The summed E-state index contributed by atoms with van der Waals surface area (Å²) in [6.07, 6.45) is 2.98. The van der Waals surface area contributed by atoms with Gasteiger partial charge < -0.3 is 10.4 Å². The maximum atomic E-state index is 12.3. The lowest BCUT2D eigenvalue weighted by atomic mass is 9.74. The molecule has 0 aromatic heterocycles. The van der Waals surface area contributed by atoms with E-state index in [4.69, 9.17) is 0 Å². The standard InChI is InChI=1S/C11H21F2NO/c1-9(10(12)13)14-7-11(8-15)5-3-2-4-6-11/h9-10,14-15H,2-8H2,1H3. The first-order valence-electron chi connectivity index (χ1n) is 5.72. The summed E-state index contributed by atoms with van der Waals surface area (Å²) in [5.41, 5.74) is -0.151. The lowest BCUT2D eigenvalue weighted by Gasteiger charge is -2.36. The van der Waals surface area contributed by atoms with Gasteiger partial charge in [0.2, 0.25) is 0 Å². The SMILES string of the molecule is CC(NCC1(CO)CCCCC1)C(F)F. The first-order valence-corrected chi connectivity index (χ1v) is 5.72. The predicted octanol–water partition coefficient (Wildman–Crippen LogP) is 2.17. The number of nitrogens with one attached hydrogen (secondary N) is 1. The van der Waals surface area contributed by atoms with Gasteiger partial charge in [-0.3, -0.25) is 0 Å². The van der Waals surface area contributed by atoms with E-state index in [9.17, 15) is 13.9 Å². The minimum Gasteiger partial charge on any atom is -0.396 e. The van der Waals surface area contributed by atoms with Crippen molar-refractivity contribution < 1.29 is 13.9 Å². The van der Waals surface area contributed by atoms with Gasteiger partial charge in [0.05, 0.1) is 6.04 Å². The highest BCUT2D eigenvalue weighted by Crippen LogP contribution is 2.35. The molecule has 90 valence electrons. The van der Waals surface area contributed by atoms with E-state index in [1.165, 1.54) is 13.3 Å². The van der Waals surface area contributed by atoms with E-state index < -0.39 is 12.5 Å². The minimum absolute atomic E-state index is 0.107. The van der Waals surface area contributed by atoms with Gasteiger partial charge in [-0.2, -0.15) is 0 Å². The molecule has 0 spiro atoms. The average molecular weight is 221 g/mol. The molecular formula is C11H21F2NO. The molecular weight excluding hydrogens is 200 g/mol. The molecule has 1 unspecified atom stereocenters. The summed E-state index contributed by atoms with van der Waals surface area (Å²) in [5.74, 6) is 0. The highest BCUT2D eigenvalue weighted by atomic mass is 19.3. The van der Waals surface area contributed by atoms with Crippen molar-refractivity contribution in [3.63, 3.8) is 0 Å². The van der Waals surface area contributed by atoms with Crippen LogP contribution in [0.3, 0.4) is 0 Å². The van der Waals surface area contributed by atoms with Crippen molar-refractivity contribution in [3.05, 3.63) is 0 Å². The molecule has 1 saturated carbocycles. The fourth-order valence-corrected chi connectivity index (χ4v) is 2.16. The van der Waals surface area contributed by atoms with Crippen molar-refractivity contribution in [3.8, 4) is 0 Å². The van der Waals surface area contributed by atoms with Crippen LogP contribution in [0.5, 0.6) is 0 Å². The van der Waals surface area contributed by atoms with E-state index in [0.717, 1.165) is 25.7 Å². The number of alkyl halides is 2. The van der Waals surface area contributed by atoms with Gasteiger partial charge in [-0.1, -0.05) is 19.3 Å². The fraction of sp³-hybridized carbons (Fsp3) is 1.00. The van der Waals surface area contributed by atoms with Gasteiger partial charge in [-0.05, 0) is 19.8 Å². The summed E-state index contributed by atoms with van der Waals surface area (Å²) in [6.45, 7) is 2.10. The lowest BCUT2D eigenvalue weighted by Crippen LogP contribution is -2.44. The Morgan fingerprint density at radius 3 is 2.33 bits per heavy atom. The van der Waals surface area contributed by atoms with Gasteiger partial charge in [-0.25, -0.2) is 8.78 Å². The van der Waals surface area contributed by atoms with Crippen molar-refractivity contribution in [1.82, 2.24) is 5.32 Å². The van der Waals surface area contributed by atoms with Crippen molar-refractivity contribution in [2.24, 2.45) is 5.41 Å². The van der Waals surface area contributed by atoms with E-state index in [1.807, 2.05) is 0 Å². The molecule has 1 fully saturated rings. The largest absolute Gasteiger partial charge is 0.396 e. The topological polar surface area (TPSA) is 32.3 Å². The van der Waals surface area contributed by atoms with Crippen LogP contribution >= 0.6 is 0 Å². The molecule has 2 nitrogen and oxygen atoms in total. The Labute approximate surface area is 90.1 Å².